The van der Waals surface area contributed by atoms with E-state index in [-0.39, 0.29) is 17.5 Å². The van der Waals surface area contributed by atoms with Crippen molar-refractivity contribution in [3.05, 3.63) is 58.5 Å². The lowest BCUT2D eigenvalue weighted by Crippen LogP contribution is -2.26. The molecule has 0 atom stereocenters. The van der Waals surface area contributed by atoms with E-state index >= 15 is 0 Å². The zero-order valence-electron chi connectivity index (χ0n) is 18.0. The van der Waals surface area contributed by atoms with E-state index in [1.165, 1.54) is 6.92 Å². The van der Waals surface area contributed by atoms with Crippen LogP contribution in [0.5, 0.6) is 0 Å². The topological polar surface area (TPSA) is 103 Å². The van der Waals surface area contributed by atoms with Gasteiger partial charge in [0.1, 0.15) is 5.69 Å². The molecule has 8 nitrogen and oxygen atoms in total. The lowest BCUT2D eigenvalue weighted by molar-refractivity contribution is -0.114. The van der Waals surface area contributed by atoms with Gasteiger partial charge in [-0.05, 0) is 56.2 Å². The van der Waals surface area contributed by atoms with E-state index in [1.54, 1.807) is 19.1 Å². The van der Waals surface area contributed by atoms with Crippen molar-refractivity contribution in [2.45, 2.75) is 45.6 Å². The largest absolute Gasteiger partial charge is 0.334 e. The van der Waals surface area contributed by atoms with E-state index in [4.69, 9.17) is 4.52 Å². The molecule has 2 heterocycles. The van der Waals surface area contributed by atoms with Crippen molar-refractivity contribution in [2.75, 3.05) is 5.32 Å². The Morgan fingerprint density at radius 2 is 1.91 bits per heavy atom. The summed E-state index contributed by atoms with van der Waals surface area (Å²) in [5, 5.41) is 6.88. The van der Waals surface area contributed by atoms with Crippen LogP contribution in [0.15, 0.2) is 51.8 Å². The third-order valence-corrected chi connectivity index (χ3v) is 5.86. The van der Waals surface area contributed by atoms with Gasteiger partial charge in [0, 0.05) is 29.8 Å². The molecule has 1 saturated carbocycles. The van der Waals surface area contributed by atoms with Crippen LogP contribution in [-0.2, 0) is 4.79 Å². The molecule has 0 bridgehead atoms. The summed E-state index contributed by atoms with van der Waals surface area (Å²) in [5.41, 5.74) is 4.18. The van der Waals surface area contributed by atoms with Crippen molar-refractivity contribution in [3.63, 3.8) is 0 Å². The molecule has 1 amide bonds. The van der Waals surface area contributed by atoms with Crippen molar-refractivity contribution in [1.29, 1.82) is 0 Å². The summed E-state index contributed by atoms with van der Waals surface area (Å²) < 4.78 is 7.38. The first-order valence-corrected chi connectivity index (χ1v) is 10.7. The first-order valence-electron chi connectivity index (χ1n) is 10.7. The quantitative estimate of drug-likeness (QED) is 0.512. The minimum Gasteiger partial charge on any atom is -0.334 e. The molecule has 5 rings (SSSR count). The van der Waals surface area contributed by atoms with Gasteiger partial charge < -0.3 is 14.4 Å². The molecule has 162 valence electrons. The van der Waals surface area contributed by atoms with Gasteiger partial charge in [-0.1, -0.05) is 24.1 Å². The van der Waals surface area contributed by atoms with Crippen LogP contribution in [0.25, 0.3) is 33.9 Å². The van der Waals surface area contributed by atoms with Crippen molar-refractivity contribution in [2.24, 2.45) is 0 Å². The standard InChI is InChI=1S/C24H23N5O3/c1-14-24(31)29(19-8-3-4-9-19)21-11-10-16(13-20(21)25-14)22-27-23(32-28-22)17-6-5-7-18(12-17)26-15(2)30/h5-7,10-13,19H,3-4,8-9H2,1-2H3,(H,26,30). The molecule has 1 fully saturated rings. The van der Waals surface area contributed by atoms with Gasteiger partial charge in [-0.2, -0.15) is 4.98 Å². The second-order valence-corrected chi connectivity index (χ2v) is 8.20. The summed E-state index contributed by atoms with van der Waals surface area (Å²) >= 11 is 0. The Bertz CT molecular complexity index is 1380. The molecular formula is C24H23N5O3. The van der Waals surface area contributed by atoms with Crippen molar-refractivity contribution in [3.8, 4) is 22.8 Å². The average molecular weight is 429 g/mol. The van der Waals surface area contributed by atoms with E-state index < -0.39 is 0 Å². The number of nitrogens with one attached hydrogen (secondary N) is 1. The maximum absolute atomic E-state index is 12.8. The van der Waals surface area contributed by atoms with Crippen LogP contribution >= 0.6 is 0 Å². The average Bonchev–Trinajstić information content (AvgIpc) is 3.47. The summed E-state index contributed by atoms with van der Waals surface area (Å²) in [7, 11) is 0. The maximum atomic E-state index is 12.8. The lowest BCUT2D eigenvalue weighted by Gasteiger charge is -2.17. The zero-order valence-corrected chi connectivity index (χ0v) is 18.0. The Labute approximate surface area is 184 Å². The predicted octanol–water partition coefficient (Wildman–Crippen LogP) is 4.50. The number of aryl methyl sites for hydroxylation is 1. The van der Waals surface area contributed by atoms with Gasteiger partial charge in [0.15, 0.2) is 0 Å². The highest BCUT2D eigenvalue weighted by atomic mass is 16.5. The summed E-state index contributed by atoms with van der Waals surface area (Å²) in [6.07, 6.45) is 4.33. The van der Waals surface area contributed by atoms with Gasteiger partial charge in [-0.25, -0.2) is 4.98 Å². The Morgan fingerprint density at radius 3 is 2.69 bits per heavy atom. The third-order valence-electron chi connectivity index (χ3n) is 5.86. The van der Waals surface area contributed by atoms with Crippen LogP contribution in [0, 0.1) is 6.92 Å². The molecular weight excluding hydrogens is 406 g/mol. The summed E-state index contributed by atoms with van der Waals surface area (Å²) in [6, 6.07) is 13.2. The predicted molar refractivity (Wildman–Crippen MR) is 121 cm³/mol. The van der Waals surface area contributed by atoms with Crippen LogP contribution in [0.3, 0.4) is 0 Å². The van der Waals surface area contributed by atoms with Crippen LogP contribution in [-0.4, -0.2) is 25.6 Å². The van der Waals surface area contributed by atoms with Gasteiger partial charge >= 0.3 is 0 Å². The highest BCUT2D eigenvalue weighted by Gasteiger charge is 2.22. The molecule has 0 unspecified atom stereocenters. The molecule has 0 aliphatic heterocycles. The van der Waals surface area contributed by atoms with Crippen molar-refractivity contribution in [1.82, 2.24) is 19.7 Å². The van der Waals surface area contributed by atoms with Gasteiger partial charge in [0.2, 0.25) is 11.7 Å². The molecule has 4 aromatic rings. The molecule has 8 heteroatoms. The first kappa shape index (κ1) is 20.1. The monoisotopic (exact) mass is 429 g/mol. The third kappa shape index (κ3) is 3.68. The van der Waals surface area contributed by atoms with Crippen molar-refractivity contribution < 1.29 is 9.32 Å². The van der Waals surface area contributed by atoms with Crippen LogP contribution in [0.4, 0.5) is 5.69 Å². The Kier molecular flexibility index (Phi) is 5.05. The Hall–Kier alpha value is -3.81. The number of hydrogen-bond acceptors (Lipinski definition) is 6. The highest BCUT2D eigenvalue weighted by molar-refractivity contribution is 5.89. The number of carbonyl (C=O) groups excluding carboxylic acids is 1. The second-order valence-electron chi connectivity index (χ2n) is 8.20. The van der Waals surface area contributed by atoms with Crippen molar-refractivity contribution >= 4 is 22.6 Å². The molecule has 0 spiro atoms. The smallest absolute Gasteiger partial charge is 0.272 e. The Balaban J connectivity index is 1.52. The number of rotatable bonds is 4. The summed E-state index contributed by atoms with van der Waals surface area (Å²) in [5.74, 6) is 0.640. The lowest BCUT2D eigenvalue weighted by atomic mass is 10.1. The molecule has 2 aromatic heterocycles. The SMILES string of the molecule is CC(=O)Nc1cccc(-c2nc(-c3ccc4c(c3)nc(C)c(=O)n4C3CCCC3)no2)c1. The van der Waals surface area contributed by atoms with Gasteiger partial charge in [0.05, 0.1) is 11.0 Å². The first-order chi connectivity index (χ1) is 15.5. The van der Waals surface area contributed by atoms with E-state index in [1.807, 2.05) is 34.9 Å². The molecule has 1 aliphatic carbocycles. The molecule has 1 aliphatic rings. The molecule has 2 aromatic carbocycles. The minimum absolute atomic E-state index is 0.0157. The van der Waals surface area contributed by atoms with Crippen LogP contribution in [0.2, 0.25) is 0 Å². The number of amides is 1. The fourth-order valence-electron chi connectivity index (χ4n) is 4.38. The number of anilines is 1. The molecule has 0 saturated heterocycles. The van der Waals surface area contributed by atoms with Crippen LogP contribution in [0.1, 0.15) is 44.3 Å². The fraction of sp³-hybridized carbons (Fsp3) is 0.292. The normalized spacial score (nSPS) is 14.2. The fourth-order valence-corrected chi connectivity index (χ4v) is 4.38. The van der Waals surface area contributed by atoms with E-state index in [9.17, 15) is 9.59 Å². The highest BCUT2D eigenvalue weighted by Crippen LogP contribution is 2.32. The summed E-state index contributed by atoms with van der Waals surface area (Å²) in [4.78, 5) is 33.2. The summed E-state index contributed by atoms with van der Waals surface area (Å²) in [6.45, 7) is 3.22. The van der Waals surface area contributed by atoms with E-state index in [2.05, 4.69) is 20.4 Å². The number of nitrogens with zero attached hydrogens (tertiary/aromatic N) is 4. The Morgan fingerprint density at radius 1 is 1.09 bits per heavy atom. The molecule has 1 N–H and O–H groups in total. The second kappa shape index (κ2) is 8.03. The minimum atomic E-state index is -0.150. The van der Waals surface area contributed by atoms with Crippen LogP contribution < -0.4 is 10.9 Å². The number of carbonyl (C=O) groups is 1. The number of fused-ring (bicyclic) bond motifs is 1. The zero-order chi connectivity index (χ0) is 22.2. The van der Waals surface area contributed by atoms with E-state index in [0.717, 1.165) is 42.3 Å². The number of benzene rings is 2. The maximum Gasteiger partial charge on any atom is 0.272 e. The van der Waals surface area contributed by atoms with Gasteiger partial charge in [0.25, 0.3) is 11.4 Å². The molecule has 32 heavy (non-hydrogen) atoms. The van der Waals surface area contributed by atoms with Gasteiger partial charge in [-0.3, -0.25) is 9.59 Å². The van der Waals surface area contributed by atoms with Gasteiger partial charge in [-0.15, -0.1) is 0 Å². The van der Waals surface area contributed by atoms with E-state index in [0.29, 0.717) is 28.7 Å². The molecule has 0 radical (unpaired) electrons. The number of aromatic nitrogens is 4. The number of hydrogen-bond donors (Lipinski definition) is 1.